The van der Waals surface area contributed by atoms with E-state index in [1.807, 2.05) is 30.3 Å². The van der Waals surface area contributed by atoms with Crippen LogP contribution in [0, 0.1) is 17.2 Å². The van der Waals surface area contributed by atoms with Gasteiger partial charge in [0.1, 0.15) is 5.69 Å². The summed E-state index contributed by atoms with van der Waals surface area (Å²) in [4.78, 5) is 16.6. The number of pyridine rings is 1. The van der Waals surface area contributed by atoms with Gasteiger partial charge in [-0.05, 0) is 30.7 Å². The zero-order valence-electron chi connectivity index (χ0n) is 11.0. The molecule has 1 heterocycles. The number of nitrogens with one attached hydrogen (secondary N) is 1. The van der Waals surface area contributed by atoms with Crippen molar-refractivity contribution in [2.45, 2.75) is 25.3 Å². The summed E-state index contributed by atoms with van der Waals surface area (Å²) >= 11 is 0. The molecule has 3 rings (SSSR count). The molecule has 1 aliphatic carbocycles. The molecule has 1 aromatic heterocycles. The Bertz CT molecular complexity index is 684. The largest absolute Gasteiger partial charge is 0.347 e. The molecule has 0 saturated heterocycles. The number of benzene rings is 1. The first-order valence-electron chi connectivity index (χ1n) is 6.84. The van der Waals surface area contributed by atoms with Crippen molar-refractivity contribution < 1.29 is 4.79 Å². The molecule has 0 radical (unpaired) electrons. The average molecular weight is 265 g/mol. The van der Waals surface area contributed by atoms with Gasteiger partial charge in [-0.15, -0.1) is 0 Å². The fourth-order valence-electron chi connectivity index (χ4n) is 2.82. The highest BCUT2D eigenvalue weighted by molar-refractivity contribution is 6.05. The molecule has 1 saturated carbocycles. The summed E-state index contributed by atoms with van der Waals surface area (Å²) in [6.07, 6.45) is 4.37. The zero-order valence-corrected chi connectivity index (χ0v) is 11.0. The summed E-state index contributed by atoms with van der Waals surface area (Å²) < 4.78 is 0. The topological polar surface area (TPSA) is 65.8 Å². The van der Waals surface area contributed by atoms with Gasteiger partial charge in [-0.2, -0.15) is 5.26 Å². The monoisotopic (exact) mass is 265 g/mol. The van der Waals surface area contributed by atoms with Crippen LogP contribution in [-0.2, 0) is 0 Å². The predicted octanol–water partition coefficient (Wildman–Crippen LogP) is 2.66. The number of nitriles is 1. The molecule has 0 bridgehead atoms. The quantitative estimate of drug-likeness (QED) is 0.907. The van der Waals surface area contributed by atoms with Crippen LogP contribution < -0.4 is 5.32 Å². The van der Waals surface area contributed by atoms with E-state index in [9.17, 15) is 4.79 Å². The van der Waals surface area contributed by atoms with Crippen molar-refractivity contribution in [2.24, 2.45) is 5.92 Å². The van der Waals surface area contributed by atoms with E-state index >= 15 is 0 Å². The third-order valence-electron chi connectivity index (χ3n) is 3.89. The molecule has 1 aliphatic rings. The van der Waals surface area contributed by atoms with Crippen molar-refractivity contribution in [3.8, 4) is 6.07 Å². The maximum absolute atomic E-state index is 12.4. The highest BCUT2D eigenvalue weighted by atomic mass is 16.1. The van der Waals surface area contributed by atoms with Crippen LogP contribution in [0.15, 0.2) is 36.5 Å². The second-order valence-corrected chi connectivity index (χ2v) is 5.13. The number of hydrogen-bond acceptors (Lipinski definition) is 3. The first-order valence-corrected chi connectivity index (χ1v) is 6.84. The minimum atomic E-state index is -0.186. The maximum Gasteiger partial charge on any atom is 0.270 e. The van der Waals surface area contributed by atoms with Gasteiger partial charge in [-0.3, -0.25) is 9.78 Å². The number of nitrogens with zero attached hydrogens (tertiary/aromatic N) is 2. The third-order valence-corrected chi connectivity index (χ3v) is 3.89. The molecule has 2 unspecified atom stereocenters. The van der Waals surface area contributed by atoms with Crippen LogP contribution in [0.25, 0.3) is 10.8 Å². The molecule has 1 aromatic carbocycles. The Kier molecular flexibility index (Phi) is 3.34. The Hall–Kier alpha value is -2.41. The summed E-state index contributed by atoms with van der Waals surface area (Å²) in [6.45, 7) is 0. The highest BCUT2D eigenvalue weighted by Gasteiger charge is 2.29. The van der Waals surface area contributed by atoms with E-state index in [2.05, 4.69) is 16.4 Å². The van der Waals surface area contributed by atoms with Crippen molar-refractivity contribution in [1.82, 2.24) is 10.3 Å². The van der Waals surface area contributed by atoms with Crippen LogP contribution in [0.5, 0.6) is 0 Å². The van der Waals surface area contributed by atoms with Crippen molar-refractivity contribution in [2.75, 3.05) is 0 Å². The Morgan fingerprint density at radius 1 is 1.30 bits per heavy atom. The first-order chi connectivity index (χ1) is 9.79. The number of carbonyl (C=O) groups excluding carboxylic acids is 1. The predicted molar refractivity (Wildman–Crippen MR) is 76.0 cm³/mol. The molecule has 1 amide bonds. The van der Waals surface area contributed by atoms with Crippen LogP contribution >= 0.6 is 0 Å². The van der Waals surface area contributed by atoms with E-state index in [1.165, 1.54) is 0 Å². The van der Waals surface area contributed by atoms with E-state index in [-0.39, 0.29) is 17.9 Å². The van der Waals surface area contributed by atoms with Crippen LogP contribution in [-0.4, -0.2) is 16.9 Å². The number of amides is 1. The molecule has 0 aliphatic heterocycles. The fraction of sp³-hybridized carbons (Fsp3) is 0.312. The van der Waals surface area contributed by atoms with Gasteiger partial charge in [0.2, 0.25) is 0 Å². The van der Waals surface area contributed by atoms with Crippen molar-refractivity contribution in [3.05, 3.63) is 42.2 Å². The van der Waals surface area contributed by atoms with Gasteiger partial charge >= 0.3 is 0 Å². The van der Waals surface area contributed by atoms with Gasteiger partial charge in [-0.25, -0.2) is 0 Å². The second kappa shape index (κ2) is 5.30. The van der Waals surface area contributed by atoms with Crippen molar-refractivity contribution >= 4 is 16.7 Å². The highest BCUT2D eigenvalue weighted by Crippen LogP contribution is 2.25. The number of fused-ring (bicyclic) bond motifs is 1. The van der Waals surface area contributed by atoms with Gasteiger partial charge < -0.3 is 5.32 Å². The van der Waals surface area contributed by atoms with E-state index < -0.39 is 0 Å². The van der Waals surface area contributed by atoms with Crippen LogP contribution in [0.1, 0.15) is 29.8 Å². The molecule has 1 N–H and O–H groups in total. The summed E-state index contributed by atoms with van der Waals surface area (Å²) in [6, 6.07) is 11.8. The Labute approximate surface area is 117 Å². The average Bonchev–Trinajstić information content (AvgIpc) is 2.93. The second-order valence-electron chi connectivity index (χ2n) is 5.13. The van der Waals surface area contributed by atoms with E-state index in [0.29, 0.717) is 5.69 Å². The van der Waals surface area contributed by atoms with Gasteiger partial charge in [0.25, 0.3) is 5.91 Å². The van der Waals surface area contributed by atoms with Crippen molar-refractivity contribution in [3.63, 3.8) is 0 Å². The molecular formula is C16H15N3O. The lowest BCUT2D eigenvalue weighted by molar-refractivity contribution is 0.0929. The molecule has 100 valence electrons. The lowest BCUT2D eigenvalue weighted by Gasteiger charge is -2.15. The Balaban J connectivity index is 1.88. The van der Waals surface area contributed by atoms with Gasteiger partial charge in [-0.1, -0.05) is 24.3 Å². The van der Waals surface area contributed by atoms with E-state index in [4.69, 9.17) is 5.26 Å². The third kappa shape index (κ3) is 2.23. The van der Waals surface area contributed by atoms with Crippen LogP contribution in [0.4, 0.5) is 0 Å². The Morgan fingerprint density at radius 3 is 3.00 bits per heavy atom. The number of aromatic nitrogens is 1. The Morgan fingerprint density at radius 2 is 2.15 bits per heavy atom. The maximum atomic E-state index is 12.4. The molecule has 4 heteroatoms. The number of carbonyl (C=O) groups is 1. The number of rotatable bonds is 2. The van der Waals surface area contributed by atoms with Crippen molar-refractivity contribution in [1.29, 1.82) is 5.26 Å². The summed E-state index contributed by atoms with van der Waals surface area (Å²) in [5, 5.41) is 13.9. The van der Waals surface area contributed by atoms with Gasteiger partial charge in [0, 0.05) is 17.6 Å². The summed E-state index contributed by atoms with van der Waals surface area (Å²) in [7, 11) is 0. The zero-order chi connectivity index (χ0) is 13.9. The summed E-state index contributed by atoms with van der Waals surface area (Å²) in [5.41, 5.74) is 0.437. The van der Waals surface area contributed by atoms with Crippen LogP contribution in [0.3, 0.4) is 0 Å². The molecule has 0 spiro atoms. The molecule has 20 heavy (non-hydrogen) atoms. The standard InChI is InChI=1S/C16H15N3O/c17-10-12-5-3-7-14(12)19-16(20)15-13-6-2-1-4-11(13)8-9-18-15/h1-2,4,6,8-9,12,14H,3,5,7H2,(H,19,20). The number of hydrogen-bond donors (Lipinski definition) is 1. The van der Waals surface area contributed by atoms with E-state index in [0.717, 1.165) is 30.0 Å². The molecular weight excluding hydrogens is 250 g/mol. The minimum absolute atomic E-state index is 0.0479. The lowest BCUT2D eigenvalue weighted by atomic mass is 10.0. The molecule has 1 fully saturated rings. The first kappa shape index (κ1) is 12.6. The molecule has 2 atom stereocenters. The van der Waals surface area contributed by atoms with Gasteiger partial charge in [0.05, 0.1) is 12.0 Å². The van der Waals surface area contributed by atoms with E-state index in [1.54, 1.807) is 6.20 Å². The normalized spacial score (nSPS) is 21.6. The minimum Gasteiger partial charge on any atom is -0.347 e. The van der Waals surface area contributed by atoms with Gasteiger partial charge in [0.15, 0.2) is 0 Å². The van der Waals surface area contributed by atoms with Crippen LogP contribution in [0.2, 0.25) is 0 Å². The fourth-order valence-corrected chi connectivity index (χ4v) is 2.82. The summed E-state index contributed by atoms with van der Waals surface area (Å²) in [5.74, 6) is -0.261. The molecule has 4 nitrogen and oxygen atoms in total. The smallest absolute Gasteiger partial charge is 0.270 e. The lowest BCUT2D eigenvalue weighted by Crippen LogP contribution is -2.37. The molecule has 2 aromatic rings. The SMILES string of the molecule is N#CC1CCCC1NC(=O)c1nccc2ccccc12.